The summed E-state index contributed by atoms with van der Waals surface area (Å²) in [7, 11) is 3.83. The maximum atomic E-state index is 13.0. The molecule has 1 saturated heterocycles. The number of nitrogens with one attached hydrogen (secondary N) is 1. The second kappa shape index (κ2) is 8.91. The van der Waals surface area contributed by atoms with Crippen LogP contribution in [0.5, 0.6) is 0 Å². The maximum absolute atomic E-state index is 13.0. The van der Waals surface area contributed by atoms with E-state index in [1.807, 2.05) is 31.1 Å². The van der Waals surface area contributed by atoms with Crippen molar-refractivity contribution in [3.05, 3.63) is 70.4 Å². The van der Waals surface area contributed by atoms with Gasteiger partial charge < -0.3 is 10.2 Å². The number of carbonyl (C=O) groups excluding carboxylic acids is 3. The molecule has 1 fully saturated rings. The molecular weight excluding hydrogens is 393 g/mol. The van der Waals surface area contributed by atoms with Crippen molar-refractivity contribution in [3.8, 4) is 0 Å². The van der Waals surface area contributed by atoms with Gasteiger partial charge in [0.1, 0.15) is 5.82 Å². The number of nitrogens with zero attached hydrogens (tertiary/aromatic N) is 2. The smallest absolute Gasteiger partial charge is 0.293 e. The van der Waals surface area contributed by atoms with Crippen LogP contribution in [0.3, 0.4) is 0 Å². The molecule has 8 heteroatoms. The first-order valence-corrected chi connectivity index (χ1v) is 9.73. The monoisotopic (exact) mass is 413 g/mol. The molecule has 0 radical (unpaired) electrons. The summed E-state index contributed by atoms with van der Waals surface area (Å²) in [6.45, 7) is 0.225. The number of amides is 3. The quantitative estimate of drug-likeness (QED) is 0.736. The van der Waals surface area contributed by atoms with Gasteiger partial charge in [-0.15, -0.1) is 0 Å². The van der Waals surface area contributed by atoms with Gasteiger partial charge in [-0.05, 0) is 59.8 Å². The van der Waals surface area contributed by atoms with Gasteiger partial charge in [0, 0.05) is 38.4 Å². The lowest BCUT2D eigenvalue weighted by molar-refractivity contribution is -0.122. The summed E-state index contributed by atoms with van der Waals surface area (Å²) < 4.78 is 13.0. The highest BCUT2D eigenvalue weighted by Crippen LogP contribution is 2.31. The molecule has 0 unspecified atom stereocenters. The Balaban J connectivity index is 1.56. The standard InChI is InChI=1S/C21H20FN3O3S/c1-24(2)17-9-5-15(6-10-17)19(26)23-11-12-25-20(27)18(29-21(25)28)13-14-3-7-16(22)8-4-14/h3-10,13H,11-12H2,1-2H3,(H,23,26)/b18-13-. The lowest BCUT2D eigenvalue weighted by Crippen LogP contribution is -2.37. The van der Waals surface area contributed by atoms with Crippen LogP contribution >= 0.6 is 11.8 Å². The highest BCUT2D eigenvalue weighted by molar-refractivity contribution is 8.18. The van der Waals surface area contributed by atoms with Crippen LogP contribution < -0.4 is 10.2 Å². The SMILES string of the molecule is CN(C)c1ccc(C(=O)NCCN2C(=O)S/C(=C\c3ccc(F)cc3)C2=O)cc1. The van der Waals surface area contributed by atoms with Crippen LogP contribution in [0, 0.1) is 5.82 Å². The summed E-state index contributed by atoms with van der Waals surface area (Å²) in [4.78, 5) is 40.1. The Morgan fingerprint density at radius 1 is 1.10 bits per heavy atom. The molecule has 0 spiro atoms. The lowest BCUT2D eigenvalue weighted by atomic mass is 10.2. The number of rotatable bonds is 6. The van der Waals surface area contributed by atoms with Crippen LogP contribution in [0.25, 0.3) is 6.08 Å². The van der Waals surface area contributed by atoms with E-state index in [4.69, 9.17) is 0 Å². The number of hydrogen-bond acceptors (Lipinski definition) is 5. The molecule has 29 heavy (non-hydrogen) atoms. The van der Waals surface area contributed by atoms with Crippen LogP contribution in [0.1, 0.15) is 15.9 Å². The molecule has 1 heterocycles. The third kappa shape index (κ3) is 5.03. The van der Waals surface area contributed by atoms with Gasteiger partial charge >= 0.3 is 0 Å². The van der Waals surface area contributed by atoms with Crippen LogP contribution in [0.4, 0.5) is 14.9 Å². The Labute approximate surface area is 172 Å². The first kappa shape index (κ1) is 20.6. The van der Waals surface area contributed by atoms with Gasteiger partial charge in [0.15, 0.2) is 0 Å². The average molecular weight is 413 g/mol. The molecule has 1 aliphatic rings. The van der Waals surface area contributed by atoms with Crippen molar-refractivity contribution in [2.75, 3.05) is 32.1 Å². The molecule has 1 N–H and O–H groups in total. The zero-order chi connectivity index (χ0) is 21.0. The van der Waals surface area contributed by atoms with E-state index >= 15 is 0 Å². The van der Waals surface area contributed by atoms with Gasteiger partial charge in [-0.2, -0.15) is 0 Å². The van der Waals surface area contributed by atoms with Gasteiger partial charge in [0.2, 0.25) is 0 Å². The number of imide groups is 1. The Hall–Kier alpha value is -3.13. The zero-order valence-corrected chi connectivity index (χ0v) is 16.8. The van der Waals surface area contributed by atoms with E-state index < -0.39 is 11.1 Å². The number of thioether (sulfide) groups is 1. The van der Waals surface area contributed by atoms with E-state index in [0.29, 0.717) is 11.1 Å². The lowest BCUT2D eigenvalue weighted by Gasteiger charge is -2.14. The molecule has 0 aromatic heterocycles. The number of anilines is 1. The molecule has 2 aromatic rings. The molecule has 0 bridgehead atoms. The molecule has 2 aromatic carbocycles. The van der Waals surface area contributed by atoms with E-state index in [2.05, 4.69) is 5.32 Å². The van der Waals surface area contributed by atoms with Crippen LogP contribution in [-0.2, 0) is 4.79 Å². The molecule has 0 atom stereocenters. The average Bonchev–Trinajstić information content (AvgIpc) is 2.97. The molecule has 3 rings (SSSR count). The third-order valence-electron chi connectivity index (χ3n) is 4.31. The summed E-state index contributed by atoms with van der Waals surface area (Å²) in [5.41, 5.74) is 2.11. The summed E-state index contributed by atoms with van der Waals surface area (Å²) >= 11 is 0.828. The van der Waals surface area contributed by atoms with Gasteiger partial charge in [-0.25, -0.2) is 4.39 Å². The van der Waals surface area contributed by atoms with Gasteiger partial charge in [0.05, 0.1) is 4.91 Å². The first-order valence-electron chi connectivity index (χ1n) is 8.91. The highest BCUT2D eigenvalue weighted by atomic mass is 32.2. The van der Waals surface area contributed by atoms with Gasteiger partial charge in [-0.3, -0.25) is 19.3 Å². The molecule has 0 aliphatic carbocycles. The van der Waals surface area contributed by atoms with Crippen molar-refractivity contribution in [1.29, 1.82) is 0 Å². The van der Waals surface area contributed by atoms with E-state index in [1.165, 1.54) is 24.3 Å². The molecular formula is C21H20FN3O3S. The Kier molecular flexibility index (Phi) is 6.33. The van der Waals surface area contributed by atoms with Crippen LogP contribution in [-0.4, -0.2) is 49.1 Å². The number of hydrogen-bond donors (Lipinski definition) is 1. The predicted octanol–water partition coefficient (Wildman–Crippen LogP) is 3.36. The highest BCUT2D eigenvalue weighted by Gasteiger charge is 2.34. The summed E-state index contributed by atoms with van der Waals surface area (Å²) in [6.07, 6.45) is 1.55. The molecule has 0 saturated carbocycles. The molecule has 6 nitrogen and oxygen atoms in total. The molecule has 150 valence electrons. The van der Waals surface area contributed by atoms with Crippen LogP contribution in [0.2, 0.25) is 0 Å². The summed E-state index contributed by atoms with van der Waals surface area (Å²) in [6, 6.07) is 12.8. The van der Waals surface area contributed by atoms with Gasteiger partial charge in [0.25, 0.3) is 17.1 Å². The zero-order valence-electron chi connectivity index (χ0n) is 16.0. The van der Waals surface area contributed by atoms with E-state index in [9.17, 15) is 18.8 Å². The normalized spacial score (nSPS) is 15.1. The number of halogens is 1. The van der Waals surface area contributed by atoms with Crippen molar-refractivity contribution >= 4 is 40.6 Å². The van der Waals surface area contributed by atoms with Crippen LogP contribution in [0.15, 0.2) is 53.4 Å². The van der Waals surface area contributed by atoms with Crippen molar-refractivity contribution < 1.29 is 18.8 Å². The Bertz CT molecular complexity index is 956. The predicted molar refractivity (Wildman–Crippen MR) is 112 cm³/mol. The Morgan fingerprint density at radius 3 is 2.38 bits per heavy atom. The van der Waals surface area contributed by atoms with E-state index in [1.54, 1.807) is 18.2 Å². The maximum Gasteiger partial charge on any atom is 0.293 e. The fourth-order valence-corrected chi connectivity index (χ4v) is 3.56. The largest absolute Gasteiger partial charge is 0.378 e. The third-order valence-corrected chi connectivity index (χ3v) is 5.22. The molecule has 1 aliphatic heterocycles. The van der Waals surface area contributed by atoms with Crippen molar-refractivity contribution in [2.24, 2.45) is 0 Å². The van der Waals surface area contributed by atoms with Crippen molar-refractivity contribution in [2.45, 2.75) is 0 Å². The topological polar surface area (TPSA) is 69.7 Å². The number of benzene rings is 2. The van der Waals surface area contributed by atoms with Gasteiger partial charge in [-0.1, -0.05) is 12.1 Å². The second-order valence-corrected chi connectivity index (χ2v) is 7.58. The summed E-state index contributed by atoms with van der Waals surface area (Å²) in [5, 5.41) is 2.32. The molecule has 3 amide bonds. The summed E-state index contributed by atoms with van der Waals surface area (Å²) in [5.74, 6) is -1.07. The minimum Gasteiger partial charge on any atom is -0.378 e. The Morgan fingerprint density at radius 2 is 1.76 bits per heavy atom. The van der Waals surface area contributed by atoms with Crippen molar-refractivity contribution in [1.82, 2.24) is 10.2 Å². The minimum absolute atomic E-state index is 0.0763. The second-order valence-electron chi connectivity index (χ2n) is 6.58. The van der Waals surface area contributed by atoms with E-state index in [-0.39, 0.29) is 29.7 Å². The van der Waals surface area contributed by atoms with E-state index in [0.717, 1.165) is 22.3 Å². The minimum atomic E-state index is -0.422. The first-order chi connectivity index (χ1) is 13.8. The number of carbonyl (C=O) groups is 3. The van der Waals surface area contributed by atoms with Crippen molar-refractivity contribution in [3.63, 3.8) is 0 Å². The fourth-order valence-electron chi connectivity index (χ4n) is 2.70. The fraction of sp³-hybridized carbons (Fsp3) is 0.190.